The van der Waals surface area contributed by atoms with E-state index >= 15 is 0 Å². The Kier molecular flexibility index (Phi) is 5.87. The van der Waals surface area contributed by atoms with Gasteiger partial charge in [-0.05, 0) is 43.4 Å². The molecule has 0 bridgehead atoms. The van der Waals surface area contributed by atoms with Crippen LogP contribution in [0.25, 0.3) is 0 Å². The van der Waals surface area contributed by atoms with Gasteiger partial charge in [0.1, 0.15) is 12.4 Å². The van der Waals surface area contributed by atoms with Crippen LogP contribution in [-0.4, -0.2) is 37.0 Å². The number of nitrogens with one attached hydrogen (secondary N) is 1. The first-order valence-corrected chi connectivity index (χ1v) is 7.93. The Morgan fingerprint density at radius 3 is 2.82 bits per heavy atom. The maximum Gasteiger partial charge on any atom is 0.241 e. The van der Waals surface area contributed by atoms with Gasteiger partial charge in [0.2, 0.25) is 5.91 Å². The zero-order valence-corrected chi connectivity index (χ0v) is 13.6. The molecule has 4 heteroatoms. The monoisotopic (exact) mass is 302 g/mol. The number of amides is 1. The molecular weight excluding hydrogens is 276 g/mol. The minimum atomic E-state index is 0.167. The maximum absolute atomic E-state index is 12.2. The van der Waals surface area contributed by atoms with Crippen molar-refractivity contribution in [1.82, 2.24) is 4.90 Å². The quantitative estimate of drug-likeness (QED) is 0.820. The van der Waals surface area contributed by atoms with Gasteiger partial charge in [-0.25, -0.2) is 0 Å². The van der Waals surface area contributed by atoms with Crippen molar-refractivity contribution < 1.29 is 9.53 Å². The number of benzene rings is 1. The topological polar surface area (TPSA) is 41.6 Å². The van der Waals surface area contributed by atoms with E-state index in [1.165, 1.54) is 0 Å². The Labute approximate surface area is 133 Å². The molecule has 1 fully saturated rings. The van der Waals surface area contributed by atoms with Gasteiger partial charge in [-0.3, -0.25) is 4.79 Å². The largest absolute Gasteiger partial charge is 0.489 e. The fraction of sp³-hybridized carbons (Fsp3) is 0.500. The Morgan fingerprint density at radius 1 is 1.41 bits per heavy atom. The average molecular weight is 302 g/mol. The second-order valence-electron chi connectivity index (χ2n) is 6.19. The zero-order chi connectivity index (χ0) is 15.9. The van der Waals surface area contributed by atoms with Crippen molar-refractivity contribution in [2.45, 2.75) is 26.7 Å². The van der Waals surface area contributed by atoms with E-state index in [9.17, 15) is 4.79 Å². The predicted molar refractivity (Wildman–Crippen MR) is 90.2 cm³/mol. The number of rotatable bonds is 6. The summed E-state index contributed by atoms with van der Waals surface area (Å²) in [5.74, 6) is 1.69. The molecule has 0 radical (unpaired) electrons. The zero-order valence-electron chi connectivity index (χ0n) is 13.6. The van der Waals surface area contributed by atoms with E-state index in [0.29, 0.717) is 13.2 Å². The second-order valence-corrected chi connectivity index (χ2v) is 6.19. The highest BCUT2D eigenvalue weighted by atomic mass is 16.5. The van der Waals surface area contributed by atoms with E-state index in [0.717, 1.165) is 48.9 Å². The van der Waals surface area contributed by atoms with Crippen molar-refractivity contribution in [2.75, 3.05) is 31.6 Å². The molecule has 0 aliphatic carbocycles. The lowest BCUT2D eigenvalue weighted by Gasteiger charge is -2.30. The van der Waals surface area contributed by atoms with Crippen LogP contribution >= 0.6 is 0 Å². The van der Waals surface area contributed by atoms with Gasteiger partial charge < -0.3 is 15.0 Å². The molecule has 120 valence electrons. The van der Waals surface area contributed by atoms with Crippen molar-refractivity contribution in [3.63, 3.8) is 0 Å². The lowest BCUT2D eigenvalue weighted by Crippen LogP contribution is -2.40. The molecule has 0 unspecified atom stereocenters. The number of anilines is 1. The second kappa shape index (κ2) is 7.87. The highest BCUT2D eigenvalue weighted by molar-refractivity contribution is 5.81. The van der Waals surface area contributed by atoms with Gasteiger partial charge in [0.25, 0.3) is 0 Å². The van der Waals surface area contributed by atoms with Crippen LogP contribution < -0.4 is 10.1 Å². The Hall–Kier alpha value is -1.97. The SMILES string of the molecule is C=C(C)COc1cccc(NCC(=O)N2CCC(C)CC2)c1. The molecule has 22 heavy (non-hydrogen) atoms. The molecule has 4 nitrogen and oxygen atoms in total. The van der Waals surface area contributed by atoms with Crippen LogP contribution in [-0.2, 0) is 4.79 Å². The summed E-state index contributed by atoms with van der Waals surface area (Å²) in [7, 11) is 0. The molecule has 1 heterocycles. The van der Waals surface area contributed by atoms with Crippen LogP contribution in [0.2, 0.25) is 0 Å². The molecule has 0 spiro atoms. The van der Waals surface area contributed by atoms with E-state index < -0.39 is 0 Å². The Bertz CT molecular complexity index is 520. The fourth-order valence-electron chi connectivity index (χ4n) is 2.45. The van der Waals surface area contributed by atoms with Gasteiger partial charge in [-0.2, -0.15) is 0 Å². The van der Waals surface area contributed by atoms with Crippen molar-refractivity contribution >= 4 is 11.6 Å². The molecule has 1 aliphatic heterocycles. The minimum Gasteiger partial charge on any atom is -0.489 e. The van der Waals surface area contributed by atoms with Crippen LogP contribution in [0.15, 0.2) is 36.4 Å². The lowest BCUT2D eigenvalue weighted by atomic mass is 9.99. The van der Waals surface area contributed by atoms with Crippen LogP contribution in [0.5, 0.6) is 5.75 Å². The first-order chi connectivity index (χ1) is 10.5. The Balaban J connectivity index is 1.82. The number of piperidine rings is 1. The third-order valence-corrected chi connectivity index (χ3v) is 3.90. The molecule has 1 aromatic rings. The smallest absolute Gasteiger partial charge is 0.241 e. The number of carbonyl (C=O) groups excluding carboxylic acids is 1. The van der Waals surface area contributed by atoms with Crippen LogP contribution in [0, 0.1) is 5.92 Å². The van der Waals surface area contributed by atoms with Crippen molar-refractivity contribution in [3.05, 3.63) is 36.4 Å². The van der Waals surface area contributed by atoms with Gasteiger partial charge in [0.15, 0.2) is 0 Å². The summed E-state index contributed by atoms with van der Waals surface area (Å²) in [4.78, 5) is 14.2. The number of hydrogen-bond acceptors (Lipinski definition) is 3. The minimum absolute atomic E-state index is 0.167. The van der Waals surface area contributed by atoms with Crippen LogP contribution in [0.3, 0.4) is 0 Å². The first kappa shape index (κ1) is 16.4. The highest BCUT2D eigenvalue weighted by Crippen LogP contribution is 2.19. The first-order valence-electron chi connectivity index (χ1n) is 7.93. The third-order valence-electron chi connectivity index (χ3n) is 3.90. The Morgan fingerprint density at radius 2 is 2.14 bits per heavy atom. The van der Waals surface area contributed by atoms with Crippen molar-refractivity contribution in [3.8, 4) is 5.75 Å². The number of ether oxygens (including phenoxy) is 1. The number of likely N-dealkylation sites (tertiary alicyclic amines) is 1. The molecule has 1 aliphatic rings. The average Bonchev–Trinajstić information content (AvgIpc) is 2.52. The summed E-state index contributed by atoms with van der Waals surface area (Å²) in [6.45, 7) is 10.6. The van der Waals surface area contributed by atoms with E-state index in [1.807, 2.05) is 36.1 Å². The highest BCUT2D eigenvalue weighted by Gasteiger charge is 2.19. The molecular formula is C18H26N2O2. The lowest BCUT2D eigenvalue weighted by molar-refractivity contribution is -0.130. The number of nitrogens with zero attached hydrogens (tertiary/aromatic N) is 1. The summed E-state index contributed by atoms with van der Waals surface area (Å²) < 4.78 is 5.61. The van der Waals surface area contributed by atoms with Crippen LogP contribution in [0.1, 0.15) is 26.7 Å². The molecule has 0 saturated carbocycles. The summed E-state index contributed by atoms with van der Waals surface area (Å²) in [6.07, 6.45) is 2.21. The predicted octanol–water partition coefficient (Wildman–Crippen LogP) is 3.31. The van der Waals surface area contributed by atoms with E-state index in [1.54, 1.807) is 0 Å². The molecule has 0 atom stereocenters. The number of hydrogen-bond donors (Lipinski definition) is 1. The standard InChI is InChI=1S/C18H26N2O2/c1-14(2)13-22-17-6-4-5-16(11-17)19-12-18(21)20-9-7-15(3)8-10-20/h4-6,11,15,19H,1,7-10,12-13H2,2-3H3. The summed E-state index contributed by atoms with van der Waals surface area (Å²) in [6, 6.07) is 7.68. The molecule has 0 aromatic heterocycles. The van der Waals surface area contributed by atoms with Gasteiger partial charge in [0.05, 0.1) is 6.54 Å². The molecule has 1 saturated heterocycles. The van der Waals surface area contributed by atoms with Gasteiger partial charge >= 0.3 is 0 Å². The third kappa shape index (κ3) is 5.10. The van der Waals surface area contributed by atoms with Gasteiger partial charge in [0, 0.05) is 24.8 Å². The van der Waals surface area contributed by atoms with E-state index in [2.05, 4.69) is 18.8 Å². The van der Waals surface area contributed by atoms with Crippen molar-refractivity contribution in [1.29, 1.82) is 0 Å². The van der Waals surface area contributed by atoms with Crippen molar-refractivity contribution in [2.24, 2.45) is 5.92 Å². The van der Waals surface area contributed by atoms with E-state index in [4.69, 9.17) is 4.74 Å². The van der Waals surface area contributed by atoms with Gasteiger partial charge in [-0.15, -0.1) is 0 Å². The molecule has 1 amide bonds. The molecule has 1 aromatic carbocycles. The molecule has 2 rings (SSSR count). The molecule has 1 N–H and O–H groups in total. The number of carbonyl (C=O) groups is 1. The van der Waals surface area contributed by atoms with Crippen LogP contribution in [0.4, 0.5) is 5.69 Å². The fourth-order valence-corrected chi connectivity index (χ4v) is 2.45. The normalized spacial score (nSPS) is 15.5. The summed E-state index contributed by atoms with van der Waals surface area (Å²) in [5, 5.41) is 3.19. The van der Waals surface area contributed by atoms with E-state index in [-0.39, 0.29) is 5.91 Å². The summed E-state index contributed by atoms with van der Waals surface area (Å²) in [5.41, 5.74) is 1.88. The maximum atomic E-state index is 12.2. The summed E-state index contributed by atoms with van der Waals surface area (Å²) >= 11 is 0. The van der Waals surface area contributed by atoms with Gasteiger partial charge in [-0.1, -0.05) is 19.6 Å².